The third-order valence-electron chi connectivity index (χ3n) is 3.49. The van der Waals surface area contributed by atoms with E-state index in [0.717, 1.165) is 12.5 Å². The number of alkyl halides is 2. The third kappa shape index (κ3) is 3.06. The van der Waals surface area contributed by atoms with Gasteiger partial charge in [-0.25, -0.2) is 8.78 Å². The number of halogens is 2. The molecule has 0 aliphatic heterocycles. The molecule has 2 aliphatic carbocycles. The molecule has 92 valence electrons. The second kappa shape index (κ2) is 4.55. The fourth-order valence-corrected chi connectivity index (χ4v) is 2.14. The summed E-state index contributed by atoms with van der Waals surface area (Å²) in [5.41, 5.74) is 5.65. The minimum atomic E-state index is -2.45. The van der Waals surface area contributed by atoms with Crippen LogP contribution in [0, 0.1) is 11.8 Å². The lowest BCUT2D eigenvalue weighted by Crippen LogP contribution is -2.40. The Balaban J connectivity index is 1.59. The molecule has 0 unspecified atom stereocenters. The molecule has 16 heavy (non-hydrogen) atoms. The van der Waals surface area contributed by atoms with E-state index in [4.69, 9.17) is 5.73 Å². The van der Waals surface area contributed by atoms with Gasteiger partial charge in [0.05, 0.1) is 0 Å². The summed E-state index contributed by atoms with van der Waals surface area (Å²) in [6.07, 6.45) is 3.75. The van der Waals surface area contributed by atoms with Gasteiger partial charge in [0, 0.05) is 25.9 Å². The van der Waals surface area contributed by atoms with Crippen LogP contribution in [-0.4, -0.2) is 25.0 Å². The van der Waals surface area contributed by atoms with Crippen LogP contribution in [0.25, 0.3) is 0 Å². The van der Waals surface area contributed by atoms with E-state index < -0.39 is 5.92 Å². The predicted octanol–water partition coefficient (Wildman–Crippen LogP) is 1.74. The molecule has 0 spiro atoms. The summed E-state index contributed by atoms with van der Waals surface area (Å²) in [6, 6.07) is 0. The standard InChI is InChI=1S/C11H19F2N3/c12-11(13)4-9(5-11)7-16-10(14)15-6-8-2-1-3-8/h8-9H,1-7H2,(H3,14,15,16). The van der Waals surface area contributed by atoms with Crippen molar-refractivity contribution in [2.75, 3.05) is 13.1 Å². The first kappa shape index (κ1) is 11.6. The number of nitrogens with two attached hydrogens (primary N) is 1. The summed E-state index contributed by atoms with van der Waals surface area (Å²) in [7, 11) is 0. The molecule has 2 aliphatic rings. The minimum Gasteiger partial charge on any atom is -0.370 e. The van der Waals surface area contributed by atoms with Gasteiger partial charge in [-0.2, -0.15) is 0 Å². The quantitative estimate of drug-likeness (QED) is 0.572. The van der Waals surface area contributed by atoms with Gasteiger partial charge in [0.2, 0.25) is 5.92 Å². The highest BCUT2D eigenvalue weighted by atomic mass is 19.3. The maximum absolute atomic E-state index is 12.5. The van der Waals surface area contributed by atoms with Crippen molar-refractivity contribution in [2.24, 2.45) is 22.6 Å². The van der Waals surface area contributed by atoms with Crippen LogP contribution in [-0.2, 0) is 0 Å². The molecule has 3 nitrogen and oxygen atoms in total. The van der Waals surface area contributed by atoms with Crippen LogP contribution >= 0.6 is 0 Å². The molecule has 0 saturated heterocycles. The van der Waals surface area contributed by atoms with Crippen molar-refractivity contribution in [3.8, 4) is 0 Å². The van der Waals surface area contributed by atoms with E-state index in [0.29, 0.717) is 12.5 Å². The first-order chi connectivity index (χ1) is 7.55. The molecule has 0 amide bonds. The molecule has 0 aromatic rings. The van der Waals surface area contributed by atoms with Crippen molar-refractivity contribution in [3.63, 3.8) is 0 Å². The lowest BCUT2D eigenvalue weighted by Gasteiger charge is -2.33. The lowest BCUT2D eigenvalue weighted by molar-refractivity contribution is -0.107. The smallest absolute Gasteiger partial charge is 0.248 e. The van der Waals surface area contributed by atoms with Crippen LogP contribution in [0.2, 0.25) is 0 Å². The topological polar surface area (TPSA) is 50.4 Å². The number of aliphatic imine (C=N–C) groups is 1. The Hall–Kier alpha value is -0.870. The van der Waals surface area contributed by atoms with Gasteiger partial charge < -0.3 is 11.1 Å². The van der Waals surface area contributed by atoms with Crippen LogP contribution in [0.3, 0.4) is 0 Å². The average Bonchev–Trinajstić information content (AvgIpc) is 2.08. The zero-order valence-corrected chi connectivity index (χ0v) is 9.38. The summed E-state index contributed by atoms with van der Waals surface area (Å²) in [4.78, 5) is 4.09. The second-order valence-electron chi connectivity index (χ2n) is 5.03. The predicted molar refractivity (Wildman–Crippen MR) is 59.5 cm³/mol. The number of hydrogen-bond acceptors (Lipinski definition) is 1. The Morgan fingerprint density at radius 3 is 2.50 bits per heavy atom. The SMILES string of the molecule is NC(=NCC1CC(F)(F)C1)NCC1CCC1. The van der Waals surface area contributed by atoms with Gasteiger partial charge in [0.25, 0.3) is 0 Å². The number of nitrogens with one attached hydrogen (secondary N) is 1. The normalized spacial score (nSPS) is 26.0. The minimum absolute atomic E-state index is 0.0130. The summed E-state index contributed by atoms with van der Waals surface area (Å²) in [6.45, 7) is 1.30. The van der Waals surface area contributed by atoms with Crippen LogP contribution < -0.4 is 11.1 Å². The molecule has 0 aromatic carbocycles. The van der Waals surface area contributed by atoms with E-state index in [-0.39, 0.29) is 18.8 Å². The number of guanidine groups is 1. The van der Waals surface area contributed by atoms with E-state index in [1.54, 1.807) is 0 Å². The number of nitrogens with zero attached hydrogens (tertiary/aromatic N) is 1. The molecular weight excluding hydrogens is 212 g/mol. The monoisotopic (exact) mass is 231 g/mol. The van der Waals surface area contributed by atoms with Gasteiger partial charge in [0.15, 0.2) is 5.96 Å². The Morgan fingerprint density at radius 1 is 1.31 bits per heavy atom. The fraction of sp³-hybridized carbons (Fsp3) is 0.909. The average molecular weight is 231 g/mol. The Labute approximate surface area is 94.5 Å². The van der Waals surface area contributed by atoms with Crippen molar-refractivity contribution in [2.45, 2.75) is 38.0 Å². The molecule has 0 bridgehead atoms. The van der Waals surface area contributed by atoms with Crippen molar-refractivity contribution in [1.29, 1.82) is 0 Å². The van der Waals surface area contributed by atoms with Crippen molar-refractivity contribution in [3.05, 3.63) is 0 Å². The van der Waals surface area contributed by atoms with E-state index >= 15 is 0 Å². The molecule has 0 radical (unpaired) electrons. The first-order valence-electron chi connectivity index (χ1n) is 5.97. The molecule has 5 heteroatoms. The number of rotatable bonds is 4. The van der Waals surface area contributed by atoms with E-state index in [1.165, 1.54) is 19.3 Å². The van der Waals surface area contributed by atoms with Gasteiger partial charge in [-0.3, -0.25) is 4.99 Å². The Bertz CT molecular complexity index is 266. The van der Waals surface area contributed by atoms with Gasteiger partial charge in [-0.1, -0.05) is 6.42 Å². The van der Waals surface area contributed by atoms with Crippen LogP contribution in [0.4, 0.5) is 8.78 Å². The highest BCUT2D eigenvalue weighted by Gasteiger charge is 2.44. The van der Waals surface area contributed by atoms with Crippen molar-refractivity contribution < 1.29 is 8.78 Å². The van der Waals surface area contributed by atoms with Crippen molar-refractivity contribution >= 4 is 5.96 Å². The maximum atomic E-state index is 12.5. The molecule has 2 fully saturated rings. The van der Waals surface area contributed by atoms with Gasteiger partial charge in [0.1, 0.15) is 0 Å². The van der Waals surface area contributed by atoms with Gasteiger partial charge in [-0.05, 0) is 24.7 Å². The highest BCUT2D eigenvalue weighted by molar-refractivity contribution is 5.77. The summed E-state index contributed by atoms with van der Waals surface area (Å²) in [5.74, 6) is -1.31. The number of hydrogen-bond donors (Lipinski definition) is 2. The Morgan fingerprint density at radius 2 is 2.00 bits per heavy atom. The van der Waals surface area contributed by atoms with Crippen LogP contribution in [0.15, 0.2) is 4.99 Å². The van der Waals surface area contributed by atoms with Crippen LogP contribution in [0.5, 0.6) is 0 Å². The largest absolute Gasteiger partial charge is 0.370 e. The highest BCUT2D eigenvalue weighted by Crippen LogP contribution is 2.42. The first-order valence-corrected chi connectivity index (χ1v) is 5.97. The zero-order valence-electron chi connectivity index (χ0n) is 9.38. The van der Waals surface area contributed by atoms with E-state index in [1.807, 2.05) is 0 Å². The molecule has 2 rings (SSSR count). The van der Waals surface area contributed by atoms with Gasteiger partial charge in [-0.15, -0.1) is 0 Å². The summed E-state index contributed by atoms with van der Waals surface area (Å²) >= 11 is 0. The third-order valence-corrected chi connectivity index (χ3v) is 3.49. The molecule has 3 N–H and O–H groups in total. The Kier molecular flexibility index (Phi) is 3.30. The maximum Gasteiger partial charge on any atom is 0.248 e. The molecule has 0 aromatic heterocycles. The lowest BCUT2D eigenvalue weighted by atomic mass is 9.81. The fourth-order valence-electron chi connectivity index (χ4n) is 2.14. The molecule has 0 atom stereocenters. The molecule has 0 heterocycles. The van der Waals surface area contributed by atoms with E-state index in [2.05, 4.69) is 10.3 Å². The second-order valence-corrected chi connectivity index (χ2v) is 5.03. The van der Waals surface area contributed by atoms with Crippen LogP contribution in [0.1, 0.15) is 32.1 Å². The summed E-state index contributed by atoms with van der Waals surface area (Å²) < 4.78 is 25.0. The van der Waals surface area contributed by atoms with E-state index in [9.17, 15) is 8.78 Å². The summed E-state index contributed by atoms with van der Waals surface area (Å²) in [5, 5.41) is 3.05. The molecular formula is C11H19F2N3. The molecule has 2 saturated carbocycles. The van der Waals surface area contributed by atoms with Gasteiger partial charge >= 0.3 is 0 Å². The zero-order chi connectivity index (χ0) is 11.6. The van der Waals surface area contributed by atoms with Crippen molar-refractivity contribution in [1.82, 2.24) is 5.32 Å².